The number of rotatable bonds is 6. The number of aromatic nitrogens is 3. The second-order valence-electron chi connectivity index (χ2n) is 5.57. The summed E-state index contributed by atoms with van der Waals surface area (Å²) in [6.45, 7) is 2.36. The van der Waals surface area contributed by atoms with Crippen LogP contribution >= 0.6 is 11.6 Å². The molecule has 0 saturated carbocycles. The summed E-state index contributed by atoms with van der Waals surface area (Å²) in [5.74, 6) is 1.18. The van der Waals surface area contributed by atoms with Crippen molar-refractivity contribution >= 4 is 29.1 Å². The van der Waals surface area contributed by atoms with E-state index in [4.69, 9.17) is 16.3 Å². The summed E-state index contributed by atoms with van der Waals surface area (Å²) in [7, 11) is 1.57. The molecule has 134 valence electrons. The van der Waals surface area contributed by atoms with Gasteiger partial charge in [-0.3, -0.25) is 0 Å². The second-order valence-corrected chi connectivity index (χ2v) is 5.98. The van der Waals surface area contributed by atoms with Gasteiger partial charge < -0.3 is 15.4 Å². The number of anilines is 3. The normalized spacial score (nSPS) is 10.5. The van der Waals surface area contributed by atoms with Gasteiger partial charge in [0.1, 0.15) is 11.6 Å². The Morgan fingerprint density at radius 2 is 1.96 bits per heavy atom. The summed E-state index contributed by atoms with van der Waals surface area (Å²) in [5, 5.41) is 14.7. The van der Waals surface area contributed by atoms with E-state index in [1.54, 1.807) is 25.3 Å². The Hall–Kier alpha value is -2.93. The Morgan fingerprint density at radius 1 is 1.19 bits per heavy atom. The third kappa shape index (κ3) is 4.37. The van der Waals surface area contributed by atoms with Gasteiger partial charge in [-0.15, -0.1) is 5.10 Å². The van der Waals surface area contributed by atoms with Gasteiger partial charge in [0, 0.05) is 17.6 Å². The van der Waals surface area contributed by atoms with Crippen molar-refractivity contribution in [3.8, 4) is 5.75 Å². The molecule has 1 aromatic heterocycles. The molecule has 26 heavy (non-hydrogen) atoms. The minimum atomic E-state index is -0.273. The van der Waals surface area contributed by atoms with E-state index < -0.39 is 0 Å². The predicted octanol–water partition coefficient (Wildman–Crippen LogP) is 4.34. The lowest BCUT2D eigenvalue weighted by Gasteiger charge is -2.13. The number of aryl methyl sites for hydroxylation is 1. The van der Waals surface area contributed by atoms with Gasteiger partial charge >= 0.3 is 0 Å². The molecule has 3 rings (SSSR count). The average molecular weight is 374 g/mol. The number of nitrogens with one attached hydrogen (secondary N) is 2. The lowest BCUT2D eigenvalue weighted by Crippen LogP contribution is -2.06. The van der Waals surface area contributed by atoms with Gasteiger partial charge in [0.2, 0.25) is 5.95 Å². The fourth-order valence-corrected chi connectivity index (χ4v) is 2.44. The van der Waals surface area contributed by atoms with E-state index in [1.165, 1.54) is 18.3 Å². The highest BCUT2D eigenvalue weighted by Gasteiger charge is 2.09. The lowest BCUT2D eigenvalue weighted by atomic mass is 10.2. The number of nitrogens with zero attached hydrogens (tertiary/aromatic N) is 3. The summed E-state index contributed by atoms with van der Waals surface area (Å²) in [4.78, 5) is 4.37. The van der Waals surface area contributed by atoms with E-state index >= 15 is 0 Å². The first kappa shape index (κ1) is 17.9. The van der Waals surface area contributed by atoms with Gasteiger partial charge in [-0.25, -0.2) is 4.39 Å². The number of benzene rings is 2. The molecule has 8 heteroatoms. The first-order chi connectivity index (χ1) is 12.5. The Labute approximate surface area is 155 Å². The molecule has 0 aliphatic rings. The van der Waals surface area contributed by atoms with Crippen molar-refractivity contribution in [3.63, 3.8) is 0 Å². The summed E-state index contributed by atoms with van der Waals surface area (Å²) in [6.07, 6.45) is 1.51. The molecule has 0 spiro atoms. The number of halogens is 2. The molecule has 0 atom stereocenters. The minimum Gasteiger partial charge on any atom is -0.495 e. The third-order valence-corrected chi connectivity index (χ3v) is 4.07. The molecule has 0 fully saturated rings. The summed E-state index contributed by atoms with van der Waals surface area (Å²) in [6, 6.07) is 9.81. The van der Waals surface area contributed by atoms with Gasteiger partial charge in [0.05, 0.1) is 19.0 Å². The number of hydrogen-bond acceptors (Lipinski definition) is 6. The van der Waals surface area contributed by atoms with Crippen LogP contribution < -0.4 is 15.4 Å². The van der Waals surface area contributed by atoms with Gasteiger partial charge in [-0.2, -0.15) is 10.1 Å². The van der Waals surface area contributed by atoms with Crippen LogP contribution in [0.15, 0.2) is 42.6 Å². The summed E-state index contributed by atoms with van der Waals surface area (Å²) >= 11 is 6.12. The first-order valence-electron chi connectivity index (χ1n) is 7.84. The van der Waals surface area contributed by atoms with E-state index in [9.17, 15) is 4.39 Å². The monoisotopic (exact) mass is 373 g/mol. The quantitative estimate of drug-likeness (QED) is 0.669. The van der Waals surface area contributed by atoms with Crippen molar-refractivity contribution in [3.05, 3.63) is 64.6 Å². The predicted molar refractivity (Wildman–Crippen MR) is 99.6 cm³/mol. The molecule has 0 saturated heterocycles. The molecule has 2 N–H and O–H groups in total. The highest BCUT2D eigenvalue weighted by atomic mass is 35.5. The Balaban J connectivity index is 1.73. The molecular formula is C18H17ClFN5O. The maximum absolute atomic E-state index is 12.9. The molecular weight excluding hydrogens is 357 g/mol. The van der Waals surface area contributed by atoms with Crippen LogP contribution in [0.5, 0.6) is 5.75 Å². The largest absolute Gasteiger partial charge is 0.495 e. The number of hydrogen-bond donors (Lipinski definition) is 2. The van der Waals surface area contributed by atoms with Gasteiger partial charge in [0.25, 0.3) is 0 Å². The van der Waals surface area contributed by atoms with E-state index in [0.29, 0.717) is 29.1 Å². The Kier molecular flexibility index (Phi) is 5.48. The maximum Gasteiger partial charge on any atom is 0.244 e. The highest BCUT2D eigenvalue weighted by molar-refractivity contribution is 6.31. The standard InChI is InChI=1S/C18H17ClFN5O/c1-11-7-15(16(26-2)8-14(11)19)23-17-10-22-25-18(24-17)21-9-12-3-5-13(20)6-4-12/h3-8,10H,9H2,1-2H3,(H2,21,23,24,25). The minimum absolute atomic E-state index is 0.273. The van der Waals surface area contributed by atoms with E-state index in [-0.39, 0.29) is 5.82 Å². The smallest absolute Gasteiger partial charge is 0.244 e. The molecule has 2 aromatic carbocycles. The van der Waals surface area contributed by atoms with E-state index in [1.807, 2.05) is 13.0 Å². The first-order valence-corrected chi connectivity index (χ1v) is 8.22. The Bertz CT molecular complexity index is 905. The molecule has 0 bridgehead atoms. The third-order valence-electron chi connectivity index (χ3n) is 3.67. The SMILES string of the molecule is COc1cc(Cl)c(C)cc1Nc1cnnc(NCc2ccc(F)cc2)n1. The van der Waals surface area contributed by atoms with Gasteiger partial charge in [-0.1, -0.05) is 23.7 Å². The van der Waals surface area contributed by atoms with Crippen molar-refractivity contribution in [1.82, 2.24) is 15.2 Å². The van der Waals surface area contributed by atoms with Crippen LogP contribution in [0.2, 0.25) is 5.02 Å². The van der Waals surface area contributed by atoms with Crippen LogP contribution in [0, 0.1) is 12.7 Å². The summed E-state index contributed by atoms with van der Waals surface area (Å²) in [5.41, 5.74) is 2.54. The van der Waals surface area contributed by atoms with Crippen LogP contribution in [-0.2, 0) is 6.54 Å². The van der Waals surface area contributed by atoms with Crippen molar-refractivity contribution in [2.24, 2.45) is 0 Å². The topological polar surface area (TPSA) is 72.0 Å². The van der Waals surface area contributed by atoms with Crippen LogP contribution in [-0.4, -0.2) is 22.3 Å². The zero-order valence-corrected chi connectivity index (χ0v) is 15.0. The van der Waals surface area contributed by atoms with Crippen LogP contribution in [0.25, 0.3) is 0 Å². The molecule has 0 aliphatic heterocycles. The van der Waals surface area contributed by atoms with E-state index in [2.05, 4.69) is 25.8 Å². The molecule has 0 amide bonds. The maximum atomic E-state index is 12.9. The summed E-state index contributed by atoms with van der Waals surface area (Å²) < 4.78 is 18.3. The molecule has 0 unspecified atom stereocenters. The second kappa shape index (κ2) is 7.97. The fraction of sp³-hybridized carbons (Fsp3) is 0.167. The highest BCUT2D eigenvalue weighted by Crippen LogP contribution is 2.32. The zero-order valence-electron chi connectivity index (χ0n) is 14.3. The fourth-order valence-electron chi connectivity index (χ4n) is 2.29. The van der Waals surface area contributed by atoms with Crippen LogP contribution in [0.4, 0.5) is 21.8 Å². The van der Waals surface area contributed by atoms with Crippen LogP contribution in [0.3, 0.4) is 0 Å². The van der Waals surface area contributed by atoms with Crippen molar-refractivity contribution in [2.75, 3.05) is 17.7 Å². The van der Waals surface area contributed by atoms with Gasteiger partial charge in [-0.05, 0) is 36.2 Å². The Morgan fingerprint density at radius 3 is 2.69 bits per heavy atom. The number of ether oxygens (including phenoxy) is 1. The molecule has 3 aromatic rings. The average Bonchev–Trinajstić information content (AvgIpc) is 2.64. The van der Waals surface area contributed by atoms with Crippen molar-refractivity contribution in [2.45, 2.75) is 13.5 Å². The zero-order chi connectivity index (χ0) is 18.5. The lowest BCUT2D eigenvalue weighted by molar-refractivity contribution is 0.416. The molecule has 0 aliphatic carbocycles. The van der Waals surface area contributed by atoms with Crippen LogP contribution in [0.1, 0.15) is 11.1 Å². The molecule has 6 nitrogen and oxygen atoms in total. The van der Waals surface area contributed by atoms with Crippen molar-refractivity contribution < 1.29 is 9.13 Å². The molecule has 1 heterocycles. The molecule has 0 radical (unpaired) electrons. The van der Waals surface area contributed by atoms with Crippen molar-refractivity contribution in [1.29, 1.82) is 0 Å². The number of methoxy groups -OCH3 is 1. The van der Waals surface area contributed by atoms with Gasteiger partial charge in [0.15, 0.2) is 5.82 Å². The van der Waals surface area contributed by atoms with E-state index in [0.717, 1.165) is 16.8 Å².